The molecule has 0 aliphatic heterocycles. The van der Waals surface area contributed by atoms with Crippen LogP contribution >= 0.6 is 27.5 Å². The zero-order valence-corrected chi connectivity index (χ0v) is 12.3. The SMILES string of the molecule is O=C(Nc1ccc(Br)cc1)c1cc(Cl)ccc1[N+](=O)[O-]. The number of nitro groups is 1. The van der Waals surface area contributed by atoms with E-state index in [4.69, 9.17) is 11.6 Å². The monoisotopic (exact) mass is 354 g/mol. The predicted octanol–water partition coefficient (Wildman–Crippen LogP) is 4.26. The molecule has 1 amide bonds. The van der Waals surface area contributed by atoms with Gasteiger partial charge in [-0.2, -0.15) is 0 Å². The third-order valence-electron chi connectivity index (χ3n) is 2.50. The quantitative estimate of drug-likeness (QED) is 0.660. The van der Waals surface area contributed by atoms with Gasteiger partial charge in [0.2, 0.25) is 0 Å². The second kappa shape index (κ2) is 6.02. The maximum absolute atomic E-state index is 12.1. The van der Waals surface area contributed by atoms with E-state index in [-0.39, 0.29) is 16.3 Å². The van der Waals surface area contributed by atoms with E-state index in [1.165, 1.54) is 18.2 Å². The highest BCUT2D eigenvalue weighted by atomic mass is 79.9. The molecule has 0 fully saturated rings. The van der Waals surface area contributed by atoms with Crippen molar-refractivity contribution in [1.29, 1.82) is 0 Å². The number of carbonyl (C=O) groups is 1. The van der Waals surface area contributed by atoms with E-state index in [0.29, 0.717) is 5.69 Å². The summed E-state index contributed by atoms with van der Waals surface area (Å²) in [4.78, 5) is 22.4. The number of nitrogens with zero attached hydrogens (tertiary/aromatic N) is 1. The van der Waals surface area contributed by atoms with E-state index in [1.54, 1.807) is 24.3 Å². The lowest BCUT2D eigenvalue weighted by atomic mass is 10.1. The molecule has 0 saturated heterocycles. The number of amides is 1. The second-order valence-corrected chi connectivity index (χ2v) is 5.23. The zero-order valence-electron chi connectivity index (χ0n) is 9.97. The summed E-state index contributed by atoms with van der Waals surface area (Å²) >= 11 is 9.06. The summed E-state index contributed by atoms with van der Waals surface area (Å²) in [7, 11) is 0. The average molecular weight is 356 g/mol. The van der Waals surface area contributed by atoms with Crippen molar-refractivity contribution in [3.8, 4) is 0 Å². The Morgan fingerprint density at radius 3 is 2.45 bits per heavy atom. The summed E-state index contributed by atoms with van der Waals surface area (Å²) in [5.41, 5.74) is 0.168. The third kappa shape index (κ3) is 3.34. The van der Waals surface area contributed by atoms with E-state index in [1.807, 2.05) is 0 Å². The summed E-state index contributed by atoms with van der Waals surface area (Å²) in [6, 6.07) is 10.7. The van der Waals surface area contributed by atoms with Gasteiger partial charge >= 0.3 is 0 Å². The van der Waals surface area contributed by atoms with E-state index in [2.05, 4.69) is 21.2 Å². The lowest BCUT2D eigenvalue weighted by Crippen LogP contribution is -2.13. The first-order chi connectivity index (χ1) is 9.47. The van der Waals surface area contributed by atoms with Crippen LogP contribution in [0.15, 0.2) is 46.9 Å². The van der Waals surface area contributed by atoms with Crippen LogP contribution in [0.5, 0.6) is 0 Å². The van der Waals surface area contributed by atoms with Crippen molar-refractivity contribution in [2.24, 2.45) is 0 Å². The zero-order chi connectivity index (χ0) is 14.7. The maximum Gasteiger partial charge on any atom is 0.282 e. The summed E-state index contributed by atoms with van der Waals surface area (Å²) in [6.45, 7) is 0. The highest BCUT2D eigenvalue weighted by Crippen LogP contribution is 2.24. The highest BCUT2D eigenvalue weighted by molar-refractivity contribution is 9.10. The first kappa shape index (κ1) is 14.5. The predicted molar refractivity (Wildman–Crippen MR) is 80.2 cm³/mol. The molecule has 2 aromatic carbocycles. The van der Waals surface area contributed by atoms with E-state index >= 15 is 0 Å². The van der Waals surface area contributed by atoms with Gasteiger partial charge in [-0.25, -0.2) is 0 Å². The lowest BCUT2D eigenvalue weighted by Gasteiger charge is -2.06. The van der Waals surface area contributed by atoms with Crippen LogP contribution in [0, 0.1) is 10.1 Å². The fourth-order valence-corrected chi connectivity index (χ4v) is 2.02. The number of nitrogens with one attached hydrogen (secondary N) is 1. The van der Waals surface area contributed by atoms with E-state index < -0.39 is 10.8 Å². The Bertz CT molecular complexity index is 674. The van der Waals surface area contributed by atoms with Gasteiger partial charge in [0.05, 0.1) is 4.92 Å². The standard InChI is InChI=1S/C13H8BrClN2O3/c14-8-1-4-10(5-2-8)16-13(18)11-7-9(15)3-6-12(11)17(19)20/h1-7H,(H,16,18). The number of halogens is 2. The van der Waals surface area contributed by atoms with Gasteiger partial charge in [-0.1, -0.05) is 27.5 Å². The Labute approximate surface area is 127 Å². The Hall–Kier alpha value is -1.92. The maximum atomic E-state index is 12.1. The smallest absolute Gasteiger partial charge is 0.282 e. The number of benzene rings is 2. The molecule has 0 heterocycles. The van der Waals surface area contributed by atoms with Crippen molar-refractivity contribution >= 4 is 44.8 Å². The minimum Gasteiger partial charge on any atom is -0.322 e. The van der Waals surface area contributed by atoms with Gasteiger partial charge in [-0.15, -0.1) is 0 Å². The molecule has 7 heteroatoms. The summed E-state index contributed by atoms with van der Waals surface area (Å²) in [6.07, 6.45) is 0. The van der Waals surface area contributed by atoms with Crippen LogP contribution in [-0.4, -0.2) is 10.8 Å². The molecule has 0 spiro atoms. The number of carbonyl (C=O) groups excluding carboxylic acids is 1. The van der Waals surface area contributed by atoms with Crippen molar-refractivity contribution in [3.05, 3.63) is 67.6 Å². The topological polar surface area (TPSA) is 72.2 Å². The summed E-state index contributed by atoms with van der Waals surface area (Å²) in [5.74, 6) is -0.582. The van der Waals surface area contributed by atoms with Crippen molar-refractivity contribution < 1.29 is 9.72 Å². The first-order valence-electron chi connectivity index (χ1n) is 5.48. The Kier molecular flexibility index (Phi) is 4.36. The Morgan fingerprint density at radius 2 is 1.85 bits per heavy atom. The van der Waals surface area contributed by atoms with Crippen LogP contribution < -0.4 is 5.32 Å². The summed E-state index contributed by atoms with van der Waals surface area (Å²) < 4.78 is 0.865. The molecule has 1 N–H and O–H groups in total. The van der Waals surface area contributed by atoms with Crippen LogP contribution in [-0.2, 0) is 0 Å². The second-order valence-electron chi connectivity index (χ2n) is 3.88. The molecule has 2 aromatic rings. The van der Waals surface area contributed by atoms with Gasteiger partial charge in [0.1, 0.15) is 5.56 Å². The van der Waals surface area contributed by atoms with Crippen molar-refractivity contribution in [2.45, 2.75) is 0 Å². The number of hydrogen-bond acceptors (Lipinski definition) is 3. The van der Waals surface area contributed by atoms with Gasteiger partial charge < -0.3 is 5.32 Å². The number of rotatable bonds is 3. The van der Waals surface area contributed by atoms with Crippen molar-refractivity contribution in [2.75, 3.05) is 5.32 Å². The van der Waals surface area contributed by atoms with E-state index in [9.17, 15) is 14.9 Å². The molecular weight excluding hydrogens is 348 g/mol. The fraction of sp³-hybridized carbons (Fsp3) is 0. The molecule has 0 atom stereocenters. The van der Waals surface area contributed by atoms with Crippen molar-refractivity contribution in [3.63, 3.8) is 0 Å². The van der Waals surface area contributed by atoms with Gasteiger partial charge in [-0.05, 0) is 36.4 Å². The van der Waals surface area contributed by atoms with Gasteiger partial charge in [0.15, 0.2) is 0 Å². The molecule has 2 rings (SSSR count). The summed E-state index contributed by atoms with van der Waals surface area (Å²) in [5, 5.41) is 13.8. The molecule has 20 heavy (non-hydrogen) atoms. The minimum absolute atomic E-state index is 0.0783. The molecule has 5 nitrogen and oxygen atoms in total. The third-order valence-corrected chi connectivity index (χ3v) is 3.27. The molecule has 0 bridgehead atoms. The van der Waals surface area contributed by atoms with Gasteiger partial charge in [0.25, 0.3) is 11.6 Å². The highest BCUT2D eigenvalue weighted by Gasteiger charge is 2.20. The minimum atomic E-state index is -0.618. The first-order valence-corrected chi connectivity index (χ1v) is 6.65. The van der Waals surface area contributed by atoms with Crippen LogP contribution in [0.1, 0.15) is 10.4 Å². The van der Waals surface area contributed by atoms with Crippen LogP contribution in [0.2, 0.25) is 5.02 Å². The molecule has 102 valence electrons. The molecule has 0 saturated carbocycles. The van der Waals surface area contributed by atoms with Crippen LogP contribution in [0.4, 0.5) is 11.4 Å². The Morgan fingerprint density at radius 1 is 1.20 bits per heavy atom. The largest absolute Gasteiger partial charge is 0.322 e. The normalized spacial score (nSPS) is 10.1. The van der Waals surface area contributed by atoms with Crippen LogP contribution in [0.25, 0.3) is 0 Å². The van der Waals surface area contributed by atoms with E-state index in [0.717, 1.165) is 4.47 Å². The molecular formula is C13H8BrClN2O3. The van der Waals surface area contributed by atoms with Gasteiger partial charge in [0, 0.05) is 21.2 Å². The number of nitro benzene ring substituents is 1. The number of hydrogen-bond donors (Lipinski definition) is 1. The average Bonchev–Trinajstić information content (AvgIpc) is 2.41. The number of anilines is 1. The molecule has 0 aliphatic carbocycles. The van der Waals surface area contributed by atoms with Gasteiger partial charge in [-0.3, -0.25) is 14.9 Å². The van der Waals surface area contributed by atoms with Crippen molar-refractivity contribution in [1.82, 2.24) is 0 Å². The molecule has 0 unspecified atom stereocenters. The molecule has 0 radical (unpaired) electrons. The molecule has 0 aliphatic rings. The molecule has 0 aromatic heterocycles. The Balaban J connectivity index is 2.31. The lowest BCUT2D eigenvalue weighted by molar-refractivity contribution is -0.385. The fourth-order valence-electron chi connectivity index (χ4n) is 1.58. The van der Waals surface area contributed by atoms with Crippen LogP contribution in [0.3, 0.4) is 0 Å².